The van der Waals surface area contributed by atoms with Gasteiger partial charge in [-0.1, -0.05) is 19.1 Å². The lowest BCUT2D eigenvalue weighted by Gasteiger charge is -2.30. The van der Waals surface area contributed by atoms with E-state index in [2.05, 4.69) is 0 Å². The largest absolute Gasteiger partial charge is 0.374 e. The molecule has 17 heavy (non-hydrogen) atoms. The molecule has 90 valence electrons. The monoisotopic (exact) mass is 232 g/mol. The van der Waals surface area contributed by atoms with Crippen LogP contribution < -0.4 is 5.73 Å². The number of nitrogens with one attached hydrogen (secondary N) is 1. The number of nitrogens with two attached hydrogens (primary N) is 1. The van der Waals surface area contributed by atoms with Crippen molar-refractivity contribution in [1.82, 2.24) is 4.90 Å². The van der Waals surface area contributed by atoms with E-state index in [1.807, 2.05) is 13.0 Å². The molecule has 0 bridgehead atoms. The minimum absolute atomic E-state index is 0.485. The van der Waals surface area contributed by atoms with Gasteiger partial charge >= 0.3 is 0 Å². The summed E-state index contributed by atoms with van der Waals surface area (Å²) in [6, 6.07) is 8.79. The number of nitriles is 1. The van der Waals surface area contributed by atoms with E-state index in [0.717, 1.165) is 11.9 Å². The van der Waals surface area contributed by atoms with Crippen LogP contribution in [0.4, 0.5) is 0 Å². The number of benzene rings is 1. The first-order valence-corrected chi connectivity index (χ1v) is 5.35. The van der Waals surface area contributed by atoms with Gasteiger partial charge in [-0.3, -0.25) is 5.41 Å². The molecule has 1 aromatic rings. The van der Waals surface area contributed by atoms with Crippen LogP contribution in [0, 0.1) is 16.7 Å². The molecule has 5 heteroatoms. The van der Waals surface area contributed by atoms with Crippen molar-refractivity contribution < 1.29 is 5.11 Å². The summed E-state index contributed by atoms with van der Waals surface area (Å²) in [5.74, 6) is 0. The highest BCUT2D eigenvalue weighted by atomic mass is 16.3. The van der Waals surface area contributed by atoms with E-state index >= 15 is 0 Å². The Bertz CT molecular complexity index is 410. The smallest absolute Gasteiger partial charge is 0.128 e. The molecule has 5 nitrogen and oxygen atoms in total. The van der Waals surface area contributed by atoms with E-state index in [4.69, 9.17) is 16.4 Å². The van der Waals surface area contributed by atoms with Crippen LogP contribution >= 0.6 is 0 Å². The molecule has 2 unspecified atom stereocenters. The van der Waals surface area contributed by atoms with Crippen LogP contribution in [0.5, 0.6) is 0 Å². The zero-order chi connectivity index (χ0) is 12.8. The Balaban J connectivity index is 2.90. The number of aliphatic hydroxyl groups is 1. The van der Waals surface area contributed by atoms with Gasteiger partial charge in [0.25, 0.3) is 0 Å². The summed E-state index contributed by atoms with van der Waals surface area (Å²) >= 11 is 0. The van der Waals surface area contributed by atoms with E-state index < -0.39 is 12.4 Å². The third-order valence-electron chi connectivity index (χ3n) is 2.56. The maximum absolute atomic E-state index is 9.69. The van der Waals surface area contributed by atoms with Crippen molar-refractivity contribution >= 4 is 6.34 Å². The molecule has 0 fully saturated rings. The van der Waals surface area contributed by atoms with Crippen molar-refractivity contribution in [3.05, 3.63) is 35.4 Å². The summed E-state index contributed by atoms with van der Waals surface area (Å²) in [6.07, 6.45) is 0.143. The average molecular weight is 232 g/mol. The highest BCUT2D eigenvalue weighted by Crippen LogP contribution is 2.17. The lowest BCUT2D eigenvalue weighted by Crippen LogP contribution is -2.40. The van der Waals surface area contributed by atoms with Gasteiger partial charge in [0.05, 0.1) is 18.0 Å². The SMILES string of the molecule is CCC(O)N(C=N)C(N)c1ccc(C#N)cc1. The Morgan fingerprint density at radius 2 is 2.12 bits per heavy atom. The van der Waals surface area contributed by atoms with E-state index in [0.29, 0.717) is 12.0 Å². The van der Waals surface area contributed by atoms with Crippen LogP contribution in [0.1, 0.15) is 30.6 Å². The Morgan fingerprint density at radius 1 is 1.53 bits per heavy atom. The van der Waals surface area contributed by atoms with Crippen molar-refractivity contribution in [2.75, 3.05) is 0 Å². The minimum Gasteiger partial charge on any atom is -0.374 e. The second-order valence-corrected chi connectivity index (χ2v) is 3.64. The molecule has 0 radical (unpaired) electrons. The molecule has 0 saturated heterocycles. The zero-order valence-electron chi connectivity index (χ0n) is 9.67. The molecule has 0 heterocycles. The summed E-state index contributed by atoms with van der Waals surface area (Å²) in [7, 11) is 0. The van der Waals surface area contributed by atoms with E-state index in [1.165, 1.54) is 4.90 Å². The summed E-state index contributed by atoms with van der Waals surface area (Å²) in [4.78, 5) is 1.36. The number of nitrogens with zero attached hydrogens (tertiary/aromatic N) is 2. The molecule has 1 aromatic carbocycles. The normalized spacial score (nSPS) is 13.5. The fourth-order valence-corrected chi connectivity index (χ4v) is 1.49. The number of rotatable bonds is 5. The highest BCUT2D eigenvalue weighted by molar-refractivity contribution is 5.52. The van der Waals surface area contributed by atoms with Crippen LogP contribution in [0.3, 0.4) is 0 Å². The van der Waals surface area contributed by atoms with Gasteiger partial charge in [-0.05, 0) is 24.1 Å². The van der Waals surface area contributed by atoms with Crippen LogP contribution in [-0.2, 0) is 0 Å². The second-order valence-electron chi connectivity index (χ2n) is 3.64. The summed E-state index contributed by atoms with van der Waals surface area (Å²) in [5, 5.41) is 25.6. The Hall–Kier alpha value is -1.90. The van der Waals surface area contributed by atoms with Crippen LogP contribution in [0.25, 0.3) is 0 Å². The molecule has 1 rings (SSSR count). The van der Waals surface area contributed by atoms with Crippen molar-refractivity contribution in [3.8, 4) is 6.07 Å². The van der Waals surface area contributed by atoms with Crippen LogP contribution in [0.15, 0.2) is 24.3 Å². The number of aliphatic hydroxyl groups excluding tert-OH is 1. The molecule has 0 aliphatic carbocycles. The highest BCUT2D eigenvalue weighted by Gasteiger charge is 2.18. The zero-order valence-corrected chi connectivity index (χ0v) is 9.67. The molecule has 0 aliphatic rings. The molecule has 4 N–H and O–H groups in total. The first-order chi connectivity index (χ1) is 8.13. The summed E-state index contributed by atoms with van der Waals surface area (Å²) in [6.45, 7) is 1.81. The van der Waals surface area contributed by atoms with Gasteiger partial charge in [-0.2, -0.15) is 5.26 Å². The minimum atomic E-state index is -0.779. The standard InChI is InChI=1S/C12H16N4O/c1-2-11(17)16(8-14)12(15)10-5-3-9(7-13)4-6-10/h3-6,8,11-12,14,17H,2,15H2,1H3. The molecule has 0 saturated carbocycles. The predicted molar refractivity (Wildman–Crippen MR) is 65.0 cm³/mol. The maximum atomic E-state index is 9.69. The third-order valence-corrected chi connectivity index (χ3v) is 2.56. The Labute approximate surface area is 101 Å². The average Bonchev–Trinajstić information content (AvgIpc) is 2.39. The Kier molecular flexibility index (Phi) is 4.64. The molecule has 0 aromatic heterocycles. The van der Waals surface area contributed by atoms with E-state index in [-0.39, 0.29) is 0 Å². The molecule has 0 amide bonds. The molecule has 2 atom stereocenters. The van der Waals surface area contributed by atoms with Gasteiger partial charge in [0, 0.05) is 0 Å². The van der Waals surface area contributed by atoms with Crippen LogP contribution in [-0.4, -0.2) is 22.6 Å². The van der Waals surface area contributed by atoms with Gasteiger partial charge in [0.2, 0.25) is 0 Å². The third kappa shape index (κ3) is 3.03. The fourth-order valence-electron chi connectivity index (χ4n) is 1.49. The first-order valence-electron chi connectivity index (χ1n) is 5.35. The first kappa shape index (κ1) is 13.2. The lowest BCUT2D eigenvalue weighted by molar-refractivity contribution is 0.0286. The van der Waals surface area contributed by atoms with Gasteiger partial charge in [-0.15, -0.1) is 0 Å². The van der Waals surface area contributed by atoms with E-state index in [9.17, 15) is 5.11 Å². The van der Waals surface area contributed by atoms with Crippen molar-refractivity contribution in [1.29, 1.82) is 10.7 Å². The number of hydrogen-bond donors (Lipinski definition) is 3. The van der Waals surface area contributed by atoms with Crippen molar-refractivity contribution in [2.45, 2.75) is 25.7 Å². The quantitative estimate of drug-likeness (QED) is 0.403. The number of hydrogen-bond acceptors (Lipinski definition) is 4. The summed E-state index contributed by atoms with van der Waals surface area (Å²) < 4.78 is 0. The fraction of sp³-hybridized carbons (Fsp3) is 0.333. The topological polar surface area (TPSA) is 97.1 Å². The lowest BCUT2D eigenvalue weighted by atomic mass is 10.1. The molecule has 0 spiro atoms. The second kappa shape index (κ2) is 5.99. The van der Waals surface area contributed by atoms with Gasteiger partial charge in [0.1, 0.15) is 12.4 Å². The maximum Gasteiger partial charge on any atom is 0.128 e. The van der Waals surface area contributed by atoms with Gasteiger partial charge in [-0.25, -0.2) is 0 Å². The van der Waals surface area contributed by atoms with Crippen molar-refractivity contribution in [2.24, 2.45) is 5.73 Å². The summed E-state index contributed by atoms with van der Waals surface area (Å²) in [5.41, 5.74) is 7.25. The Morgan fingerprint density at radius 3 is 2.53 bits per heavy atom. The predicted octanol–water partition coefficient (Wildman–Crippen LogP) is 1.15. The molecule has 0 aliphatic heterocycles. The van der Waals surface area contributed by atoms with E-state index in [1.54, 1.807) is 24.3 Å². The van der Waals surface area contributed by atoms with Crippen LogP contribution in [0.2, 0.25) is 0 Å². The van der Waals surface area contributed by atoms with Gasteiger partial charge in [0.15, 0.2) is 0 Å². The van der Waals surface area contributed by atoms with Crippen molar-refractivity contribution in [3.63, 3.8) is 0 Å². The molecular formula is C12H16N4O. The van der Waals surface area contributed by atoms with Gasteiger partial charge < -0.3 is 15.7 Å². The molecular weight excluding hydrogens is 216 g/mol.